The summed E-state index contributed by atoms with van der Waals surface area (Å²) in [7, 11) is 0. The molecule has 2 rings (SSSR count). The molecule has 0 aliphatic heterocycles. The molecule has 1 aromatic carbocycles. The second-order valence-corrected chi connectivity index (χ2v) is 5.40. The van der Waals surface area contributed by atoms with E-state index in [-0.39, 0.29) is 0 Å². The fourth-order valence-corrected chi connectivity index (χ4v) is 2.30. The molecule has 0 aliphatic carbocycles. The Labute approximate surface area is 121 Å². The molecule has 1 aromatic heterocycles. The molecule has 1 heterocycles. The minimum Gasteiger partial charge on any atom is -0.369 e. The average Bonchev–Trinajstić information content (AvgIpc) is 2.33. The smallest absolute Gasteiger partial charge is 0.161 e. The normalized spacial score (nSPS) is 10.4. The molecule has 4 heteroatoms. The van der Waals surface area contributed by atoms with Crippen LogP contribution in [0.3, 0.4) is 0 Å². The van der Waals surface area contributed by atoms with Crippen molar-refractivity contribution in [2.75, 3.05) is 11.9 Å². The molecule has 0 spiro atoms. The maximum Gasteiger partial charge on any atom is 0.161 e. The standard InChI is InChI=1S/C14H16IN3/c1-4-16-14-12(15)8-17-13(18-14)11-6-5-9(2)7-10(11)3/h5-8H,4H2,1-3H3,(H,16,17,18). The molecule has 3 nitrogen and oxygen atoms in total. The third-order valence-corrected chi connectivity index (χ3v) is 3.50. The van der Waals surface area contributed by atoms with E-state index in [0.29, 0.717) is 0 Å². The number of halogens is 1. The highest BCUT2D eigenvalue weighted by molar-refractivity contribution is 14.1. The lowest BCUT2D eigenvalue weighted by Gasteiger charge is -2.09. The van der Waals surface area contributed by atoms with E-state index in [2.05, 4.69) is 76.8 Å². The van der Waals surface area contributed by atoms with Gasteiger partial charge in [-0.1, -0.05) is 23.8 Å². The molecule has 0 amide bonds. The fourth-order valence-electron chi connectivity index (χ4n) is 1.85. The van der Waals surface area contributed by atoms with Gasteiger partial charge in [0, 0.05) is 18.3 Å². The highest BCUT2D eigenvalue weighted by atomic mass is 127. The Morgan fingerprint density at radius 1 is 1.28 bits per heavy atom. The molecule has 0 atom stereocenters. The quantitative estimate of drug-likeness (QED) is 0.853. The van der Waals surface area contributed by atoms with Gasteiger partial charge in [-0.25, -0.2) is 9.97 Å². The largest absolute Gasteiger partial charge is 0.369 e. The SMILES string of the molecule is CCNc1nc(-c2ccc(C)cc2C)ncc1I. The average molecular weight is 353 g/mol. The number of nitrogens with one attached hydrogen (secondary N) is 1. The Bertz CT molecular complexity index is 567. The summed E-state index contributed by atoms with van der Waals surface area (Å²) in [5.74, 6) is 1.69. The number of rotatable bonds is 3. The highest BCUT2D eigenvalue weighted by Crippen LogP contribution is 2.23. The Balaban J connectivity index is 2.47. The van der Waals surface area contributed by atoms with Crippen LogP contribution in [0.15, 0.2) is 24.4 Å². The molecule has 94 valence electrons. The summed E-state index contributed by atoms with van der Waals surface area (Å²) in [6, 6.07) is 6.34. The zero-order valence-electron chi connectivity index (χ0n) is 10.8. The van der Waals surface area contributed by atoms with Gasteiger partial charge >= 0.3 is 0 Å². The van der Waals surface area contributed by atoms with E-state index in [0.717, 1.165) is 27.3 Å². The van der Waals surface area contributed by atoms with Gasteiger partial charge < -0.3 is 5.32 Å². The van der Waals surface area contributed by atoms with Crippen LogP contribution in [0.1, 0.15) is 18.1 Å². The second-order valence-electron chi connectivity index (χ2n) is 4.24. The summed E-state index contributed by atoms with van der Waals surface area (Å²) in [6.45, 7) is 7.11. The predicted molar refractivity (Wildman–Crippen MR) is 83.8 cm³/mol. The number of nitrogens with zero attached hydrogens (tertiary/aromatic N) is 2. The summed E-state index contributed by atoms with van der Waals surface area (Å²) in [5.41, 5.74) is 3.56. The van der Waals surface area contributed by atoms with E-state index in [1.54, 1.807) is 0 Å². The monoisotopic (exact) mass is 353 g/mol. The van der Waals surface area contributed by atoms with E-state index >= 15 is 0 Å². The predicted octanol–water partition coefficient (Wildman–Crippen LogP) is 3.80. The van der Waals surface area contributed by atoms with Crippen LogP contribution in [0, 0.1) is 17.4 Å². The summed E-state index contributed by atoms with van der Waals surface area (Å²) in [5, 5.41) is 3.26. The summed E-state index contributed by atoms with van der Waals surface area (Å²) in [4.78, 5) is 9.02. The van der Waals surface area contributed by atoms with Gasteiger partial charge in [-0.15, -0.1) is 0 Å². The van der Waals surface area contributed by atoms with Gasteiger partial charge in [0.2, 0.25) is 0 Å². The molecule has 0 aliphatic rings. The van der Waals surface area contributed by atoms with Crippen molar-refractivity contribution in [3.05, 3.63) is 39.1 Å². The van der Waals surface area contributed by atoms with Crippen LogP contribution < -0.4 is 5.32 Å². The van der Waals surface area contributed by atoms with Crippen molar-refractivity contribution >= 4 is 28.4 Å². The highest BCUT2D eigenvalue weighted by Gasteiger charge is 2.08. The minimum atomic E-state index is 0.781. The van der Waals surface area contributed by atoms with Gasteiger partial charge in [-0.3, -0.25) is 0 Å². The van der Waals surface area contributed by atoms with Crippen LogP contribution in [0.4, 0.5) is 5.82 Å². The lowest BCUT2D eigenvalue weighted by atomic mass is 10.1. The Morgan fingerprint density at radius 2 is 2.06 bits per heavy atom. The molecule has 0 fully saturated rings. The van der Waals surface area contributed by atoms with Crippen LogP contribution in [-0.2, 0) is 0 Å². The summed E-state index contributed by atoms with van der Waals surface area (Å²) in [6.07, 6.45) is 1.86. The van der Waals surface area contributed by atoms with E-state index < -0.39 is 0 Å². The molecule has 0 saturated heterocycles. The maximum absolute atomic E-state index is 4.59. The Kier molecular flexibility index (Phi) is 4.16. The second kappa shape index (κ2) is 5.65. The Hall–Kier alpha value is -1.17. The van der Waals surface area contributed by atoms with E-state index in [9.17, 15) is 0 Å². The zero-order valence-corrected chi connectivity index (χ0v) is 12.9. The van der Waals surface area contributed by atoms with Crippen LogP contribution in [0.5, 0.6) is 0 Å². The fraction of sp³-hybridized carbons (Fsp3) is 0.286. The van der Waals surface area contributed by atoms with Crippen LogP contribution in [0.25, 0.3) is 11.4 Å². The topological polar surface area (TPSA) is 37.8 Å². The molecule has 0 bridgehead atoms. The van der Waals surface area contributed by atoms with Gasteiger partial charge in [-0.05, 0) is 48.9 Å². The van der Waals surface area contributed by atoms with Gasteiger partial charge in [0.15, 0.2) is 5.82 Å². The third kappa shape index (κ3) is 2.80. The number of benzene rings is 1. The first-order chi connectivity index (χ1) is 8.61. The van der Waals surface area contributed by atoms with Crippen LogP contribution in [0.2, 0.25) is 0 Å². The van der Waals surface area contributed by atoms with Crippen molar-refractivity contribution in [3.8, 4) is 11.4 Å². The number of hydrogen-bond donors (Lipinski definition) is 1. The lowest BCUT2D eigenvalue weighted by molar-refractivity contribution is 1.10. The van der Waals surface area contributed by atoms with Crippen molar-refractivity contribution < 1.29 is 0 Å². The summed E-state index contributed by atoms with van der Waals surface area (Å²) >= 11 is 2.25. The summed E-state index contributed by atoms with van der Waals surface area (Å²) < 4.78 is 1.04. The number of aromatic nitrogens is 2. The number of aryl methyl sites for hydroxylation is 2. The van der Waals surface area contributed by atoms with Crippen molar-refractivity contribution in [2.45, 2.75) is 20.8 Å². The molecule has 1 N–H and O–H groups in total. The molecule has 18 heavy (non-hydrogen) atoms. The van der Waals surface area contributed by atoms with Gasteiger partial charge in [0.25, 0.3) is 0 Å². The lowest BCUT2D eigenvalue weighted by Crippen LogP contribution is -2.04. The molecular weight excluding hydrogens is 337 g/mol. The number of hydrogen-bond acceptors (Lipinski definition) is 3. The first-order valence-corrected chi connectivity index (χ1v) is 7.03. The maximum atomic E-state index is 4.59. The molecular formula is C14H16IN3. The molecule has 2 aromatic rings. The Morgan fingerprint density at radius 3 is 2.72 bits per heavy atom. The first-order valence-electron chi connectivity index (χ1n) is 5.96. The van der Waals surface area contributed by atoms with E-state index in [1.165, 1.54) is 11.1 Å². The molecule has 0 saturated carbocycles. The van der Waals surface area contributed by atoms with E-state index in [4.69, 9.17) is 0 Å². The first kappa shape index (κ1) is 13.3. The van der Waals surface area contributed by atoms with Crippen molar-refractivity contribution in [1.82, 2.24) is 9.97 Å². The minimum absolute atomic E-state index is 0.781. The van der Waals surface area contributed by atoms with Crippen molar-refractivity contribution in [1.29, 1.82) is 0 Å². The van der Waals surface area contributed by atoms with Crippen molar-refractivity contribution in [2.24, 2.45) is 0 Å². The third-order valence-electron chi connectivity index (χ3n) is 2.71. The van der Waals surface area contributed by atoms with Crippen molar-refractivity contribution in [3.63, 3.8) is 0 Å². The van der Waals surface area contributed by atoms with Crippen LogP contribution >= 0.6 is 22.6 Å². The van der Waals surface area contributed by atoms with Crippen LogP contribution in [-0.4, -0.2) is 16.5 Å². The van der Waals surface area contributed by atoms with Gasteiger partial charge in [-0.2, -0.15) is 0 Å². The molecule has 0 radical (unpaired) electrons. The number of anilines is 1. The zero-order chi connectivity index (χ0) is 13.1. The van der Waals surface area contributed by atoms with Gasteiger partial charge in [0.1, 0.15) is 5.82 Å². The van der Waals surface area contributed by atoms with E-state index in [1.807, 2.05) is 6.20 Å². The molecule has 0 unspecified atom stereocenters. The van der Waals surface area contributed by atoms with Gasteiger partial charge in [0.05, 0.1) is 3.57 Å².